The number of hydrogen-bond acceptors (Lipinski definition) is 2. The molecule has 2 nitrogen and oxygen atoms in total. The Balaban J connectivity index is 1.28. The van der Waals surface area contributed by atoms with Crippen molar-refractivity contribution in [3.05, 3.63) is 174 Å². The summed E-state index contributed by atoms with van der Waals surface area (Å²) in [5, 5.41) is 2.27. The lowest BCUT2D eigenvalue weighted by Gasteiger charge is -2.31. The molecule has 2 aliphatic carbocycles. The van der Waals surface area contributed by atoms with Crippen LogP contribution in [-0.4, -0.2) is 0 Å². The predicted octanol–water partition coefficient (Wildman–Crippen LogP) is 13.3. The van der Waals surface area contributed by atoms with Gasteiger partial charge in [-0.1, -0.05) is 149 Å². The van der Waals surface area contributed by atoms with Gasteiger partial charge in [-0.05, 0) is 69.3 Å². The molecule has 0 saturated heterocycles. The molecule has 2 heteroatoms. The molecule has 0 fully saturated rings. The van der Waals surface area contributed by atoms with Crippen molar-refractivity contribution in [3.63, 3.8) is 0 Å². The van der Waals surface area contributed by atoms with E-state index in [1.54, 1.807) is 0 Å². The smallest absolute Gasteiger partial charge is 0.143 e. The molecular weight excluding hydrogens is 607 g/mol. The lowest BCUT2D eigenvalue weighted by molar-refractivity contribution is 0.660. The summed E-state index contributed by atoms with van der Waals surface area (Å²) in [5.74, 6) is 0. The zero-order chi connectivity index (χ0) is 33.8. The molecule has 8 aromatic rings. The van der Waals surface area contributed by atoms with Gasteiger partial charge in [-0.3, -0.25) is 0 Å². The zero-order valence-electron chi connectivity index (χ0n) is 28.8. The number of benzene rings is 7. The Labute approximate surface area is 293 Å². The van der Waals surface area contributed by atoms with E-state index in [2.05, 4.69) is 178 Å². The third-order valence-electron chi connectivity index (χ3n) is 11.5. The Bertz CT molecular complexity index is 2670. The average molecular weight is 644 g/mol. The molecule has 0 N–H and O–H groups in total. The molecule has 0 aliphatic heterocycles. The number of furan rings is 1. The van der Waals surface area contributed by atoms with Gasteiger partial charge < -0.3 is 9.32 Å². The van der Waals surface area contributed by atoms with Crippen molar-refractivity contribution in [2.24, 2.45) is 0 Å². The fraction of sp³-hybridized carbons (Fsp3) is 0.125. The molecule has 0 unspecified atom stereocenters. The minimum Gasteiger partial charge on any atom is -0.455 e. The van der Waals surface area contributed by atoms with Crippen LogP contribution >= 0.6 is 0 Å². The minimum absolute atomic E-state index is 0.0684. The number of rotatable bonds is 4. The van der Waals surface area contributed by atoms with Gasteiger partial charge in [0, 0.05) is 44.0 Å². The fourth-order valence-corrected chi connectivity index (χ4v) is 9.03. The Hall–Kier alpha value is -5.86. The first-order chi connectivity index (χ1) is 24.3. The number of anilines is 3. The molecule has 10 rings (SSSR count). The third kappa shape index (κ3) is 3.91. The zero-order valence-corrected chi connectivity index (χ0v) is 28.8. The first kappa shape index (κ1) is 29.1. The van der Waals surface area contributed by atoms with Crippen molar-refractivity contribution in [2.45, 2.75) is 38.5 Å². The lowest BCUT2D eigenvalue weighted by atomic mass is 9.82. The van der Waals surface area contributed by atoms with Crippen LogP contribution in [0.5, 0.6) is 0 Å². The van der Waals surface area contributed by atoms with E-state index in [9.17, 15) is 0 Å². The largest absolute Gasteiger partial charge is 0.455 e. The van der Waals surface area contributed by atoms with E-state index >= 15 is 0 Å². The van der Waals surface area contributed by atoms with E-state index in [1.807, 2.05) is 6.07 Å². The van der Waals surface area contributed by atoms with Crippen LogP contribution in [0, 0.1) is 0 Å². The van der Waals surface area contributed by atoms with E-state index < -0.39 is 0 Å². The minimum atomic E-state index is -0.117. The van der Waals surface area contributed by atoms with E-state index in [4.69, 9.17) is 4.42 Å². The number of fused-ring (bicyclic) bond motifs is 9. The van der Waals surface area contributed by atoms with Crippen LogP contribution in [0.15, 0.2) is 156 Å². The van der Waals surface area contributed by atoms with Gasteiger partial charge in [0.2, 0.25) is 0 Å². The van der Waals surface area contributed by atoms with Crippen molar-refractivity contribution in [1.29, 1.82) is 0 Å². The summed E-state index contributed by atoms with van der Waals surface area (Å²) in [6, 6.07) is 55.6. The van der Waals surface area contributed by atoms with E-state index in [0.29, 0.717) is 0 Å². The molecular formula is C48H37NO. The summed E-state index contributed by atoms with van der Waals surface area (Å²) in [7, 11) is 0. The molecule has 0 saturated carbocycles. The highest BCUT2D eigenvalue weighted by atomic mass is 16.3. The summed E-state index contributed by atoms with van der Waals surface area (Å²) >= 11 is 0. The molecule has 1 heterocycles. The van der Waals surface area contributed by atoms with Gasteiger partial charge in [0.15, 0.2) is 0 Å². The highest BCUT2D eigenvalue weighted by Gasteiger charge is 2.39. The van der Waals surface area contributed by atoms with Crippen LogP contribution in [0.1, 0.15) is 49.9 Å². The van der Waals surface area contributed by atoms with Crippen molar-refractivity contribution in [1.82, 2.24) is 0 Å². The maximum absolute atomic E-state index is 6.64. The molecule has 0 spiro atoms. The molecule has 0 bridgehead atoms. The first-order valence-corrected chi connectivity index (χ1v) is 17.6. The Kier molecular flexibility index (Phi) is 6.01. The summed E-state index contributed by atoms with van der Waals surface area (Å²) in [6.45, 7) is 9.41. The normalized spacial score (nSPS) is 14.7. The maximum atomic E-state index is 6.64. The van der Waals surface area contributed by atoms with Crippen LogP contribution in [0.3, 0.4) is 0 Å². The maximum Gasteiger partial charge on any atom is 0.143 e. The summed E-state index contributed by atoms with van der Waals surface area (Å²) < 4.78 is 6.64. The lowest BCUT2D eigenvalue weighted by Crippen LogP contribution is -2.17. The Morgan fingerprint density at radius 1 is 0.420 bits per heavy atom. The second-order valence-corrected chi connectivity index (χ2v) is 14.9. The van der Waals surface area contributed by atoms with Crippen molar-refractivity contribution >= 4 is 39.0 Å². The quantitative estimate of drug-likeness (QED) is 0.190. The molecule has 1 aromatic heterocycles. The van der Waals surface area contributed by atoms with Crippen LogP contribution in [-0.2, 0) is 10.8 Å². The van der Waals surface area contributed by atoms with Gasteiger partial charge in [0.25, 0.3) is 0 Å². The number of hydrogen-bond donors (Lipinski definition) is 0. The number of nitrogens with zero attached hydrogens (tertiary/aromatic N) is 1. The molecule has 0 radical (unpaired) electrons. The molecule has 50 heavy (non-hydrogen) atoms. The van der Waals surface area contributed by atoms with Gasteiger partial charge in [0.1, 0.15) is 11.2 Å². The molecule has 7 aromatic carbocycles. The van der Waals surface area contributed by atoms with E-state index in [-0.39, 0.29) is 10.8 Å². The highest BCUT2D eigenvalue weighted by Crippen LogP contribution is 2.56. The van der Waals surface area contributed by atoms with Crippen LogP contribution in [0.25, 0.3) is 55.3 Å². The van der Waals surface area contributed by atoms with Gasteiger partial charge in [0.05, 0.1) is 11.4 Å². The van der Waals surface area contributed by atoms with Crippen molar-refractivity contribution in [3.8, 4) is 33.4 Å². The van der Waals surface area contributed by atoms with E-state index in [1.165, 1.54) is 50.2 Å². The van der Waals surface area contributed by atoms with Gasteiger partial charge in [-0.2, -0.15) is 0 Å². The fourth-order valence-electron chi connectivity index (χ4n) is 9.03. The number of para-hydroxylation sites is 3. The summed E-state index contributed by atoms with van der Waals surface area (Å²) in [4.78, 5) is 2.50. The van der Waals surface area contributed by atoms with Crippen LogP contribution in [0.2, 0.25) is 0 Å². The molecule has 240 valence electrons. The molecule has 0 amide bonds. The Morgan fingerprint density at radius 2 is 0.980 bits per heavy atom. The SMILES string of the molecule is CC1(C)c2ccccc2-c2cc(N(c3ccccc3-c3cccc4c3oc3ccccc34)c3cccc4c3-c3ccccc3C4(C)C)ccc21. The first-order valence-electron chi connectivity index (χ1n) is 17.6. The molecule has 2 aliphatic rings. The van der Waals surface area contributed by atoms with Crippen molar-refractivity contribution < 1.29 is 4.42 Å². The predicted molar refractivity (Wildman–Crippen MR) is 209 cm³/mol. The van der Waals surface area contributed by atoms with Gasteiger partial charge >= 0.3 is 0 Å². The summed E-state index contributed by atoms with van der Waals surface area (Å²) in [5.41, 5.74) is 18.0. The third-order valence-corrected chi connectivity index (χ3v) is 11.5. The van der Waals surface area contributed by atoms with Crippen molar-refractivity contribution in [2.75, 3.05) is 4.90 Å². The standard InChI is InChI=1S/C48H37NO/c1-47(2)38-21-9-5-15-31(38)37-29-30(27-28-40(37)47)49(43-25-14-23-41-45(43)36-18-6-10-22-39(36)48(41,3)4)42-24-11-7-16-32(42)34-19-13-20-35-33-17-8-12-26-44(33)50-46(34)35/h5-29H,1-4H3. The topological polar surface area (TPSA) is 16.4 Å². The average Bonchev–Trinajstić information content (AvgIpc) is 3.72. The second kappa shape index (κ2) is 10.3. The van der Waals surface area contributed by atoms with Gasteiger partial charge in [-0.25, -0.2) is 0 Å². The monoisotopic (exact) mass is 643 g/mol. The van der Waals surface area contributed by atoms with E-state index in [0.717, 1.165) is 44.4 Å². The second-order valence-electron chi connectivity index (χ2n) is 14.9. The summed E-state index contributed by atoms with van der Waals surface area (Å²) in [6.07, 6.45) is 0. The highest BCUT2D eigenvalue weighted by molar-refractivity contribution is 6.11. The Morgan fingerprint density at radius 3 is 1.82 bits per heavy atom. The van der Waals surface area contributed by atoms with Crippen LogP contribution < -0.4 is 4.90 Å². The van der Waals surface area contributed by atoms with Crippen LogP contribution in [0.4, 0.5) is 17.1 Å². The molecule has 0 atom stereocenters. The van der Waals surface area contributed by atoms with Gasteiger partial charge in [-0.15, -0.1) is 0 Å².